The fraction of sp³-hybridized carbons (Fsp3) is 0.533. The first-order valence-electron chi connectivity index (χ1n) is 6.67. The Balaban J connectivity index is 2.79. The minimum absolute atomic E-state index is 0.0457. The zero-order valence-corrected chi connectivity index (χ0v) is 12.4. The molecule has 5 heteroatoms. The van der Waals surface area contributed by atoms with Crippen molar-refractivity contribution in [2.24, 2.45) is 0 Å². The first-order valence-corrected chi connectivity index (χ1v) is 6.67. The Kier molecular flexibility index (Phi) is 7.04. The second-order valence-electron chi connectivity index (χ2n) is 4.63. The molecule has 1 aromatic carbocycles. The van der Waals surface area contributed by atoms with Crippen LogP contribution in [0.3, 0.4) is 0 Å². The Hall–Kier alpha value is -1.59. The number of phenols is 1. The third kappa shape index (κ3) is 4.83. The van der Waals surface area contributed by atoms with Gasteiger partial charge in [-0.2, -0.15) is 0 Å². The van der Waals surface area contributed by atoms with E-state index in [4.69, 9.17) is 9.47 Å². The Bertz CT molecular complexity index is 434. The lowest BCUT2D eigenvalue weighted by atomic mass is 10.1. The molecule has 1 amide bonds. The van der Waals surface area contributed by atoms with E-state index >= 15 is 0 Å². The Morgan fingerprint density at radius 1 is 1.20 bits per heavy atom. The summed E-state index contributed by atoms with van der Waals surface area (Å²) in [4.78, 5) is 14.3. The highest BCUT2D eigenvalue weighted by Gasteiger charge is 2.17. The number of hydrogen-bond acceptors (Lipinski definition) is 4. The number of ether oxygens (including phenoxy) is 2. The van der Waals surface area contributed by atoms with Crippen LogP contribution in [0.4, 0.5) is 0 Å². The topological polar surface area (TPSA) is 59.0 Å². The van der Waals surface area contributed by atoms with Gasteiger partial charge in [-0.3, -0.25) is 4.79 Å². The summed E-state index contributed by atoms with van der Waals surface area (Å²) in [5.74, 6) is 0.123. The third-order valence-electron chi connectivity index (χ3n) is 3.07. The molecule has 0 saturated heterocycles. The third-order valence-corrected chi connectivity index (χ3v) is 3.07. The van der Waals surface area contributed by atoms with E-state index in [1.165, 1.54) is 6.07 Å². The fourth-order valence-corrected chi connectivity index (χ4v) is 1.97. The molecule has 0 fully saturated rings. The summed E-state index contributed by atoms with van der Waals surface area (Å²) < 4.78 is 10.1. The molecule has 20 heavy (non-hydrogen) atoms. The van der Waals surface area contributed by atoms with Crippen molar-refractivity contribution in [3.63, 3.8) is 0 Å². The SMILES string of the molecule is COCCCN(CCOC)C(=O)c1ccc(O)cc1C. The molecule has 0 aliphatic carbocycles. The van der Waals surface area contributed by atoms with E-state index in [2.05, 4.69) is 0 Å². The lowest BCUT2D eigenvalue weighted by Crippen LogP contribution is -2.35. The van der Waals surface area contributed by atoms with Gasteiger partial charge >= 0.3 is 0 Å². The highest BCUT2D eigenvalue weighted by Crippen LogP contribution is 2.17. The van der Waals surface area contributed by atoms with Gasteiger partial charge in [0.15, 0.2) is 0 Å². The van der Waals surface area contributed by atoms with Crippen molar-refractivity contribution in [1.29, 1.82) is 0 Å². The quantitative estimate of drug-likeness (QED) is 0.739. The molecular formula is C15H23NO4. The predicted molar refractivity (Wildman–Crippen MR) is 77.1 cm³/mol. The molecule has 0 radical (unpaired) electrons. The van der Waals surface area contributed by atoms with E-state index in [-0.39, 0.29) is 11.7 Å². The summed E-state index contributed by atoms with van der Waals surface area (Å²) in [5, 5.41) is 9.41. The number of carbonyl (C=O) groups excluding carboxylic acids is 1. The van der Waals surface area contributed by atoms with E-state index in [0.717, 1.165) is 12.0 Å². The van der Waals surface area contributed by atoms with E-state index in [0.29, 0.717) is 31.9 Å². The van der Waals surface area contributed by atoms with E-state index in [9.17, 15) is 9.90 Å². The van der Waals surface area contributed by atoms with Crippen molar-refractivity contribution >= 4 is 5.91 Å². The van der Waals surface area contributed by atoms with E-state index in [1.807, 2.05) is 6.92 Å². The second kappa shape index (κ2) is 8.55. The smallest absolute Gasteiger partial charge is 0.254 e. The highest BCUT2D eigenvalue weighted by molar-refractivity contribution is 5.95. The van der Waals surface area contributed by atoms with Crippen molar-refractivity contribution in [1.82, 2.24) is 4.90 Å². The summed E-state index contributed by atoms with van der Waals surface area (Å²) in [6.07, 6.45) is 0.781. The Labute approximate surface area is 120 Å². The average Bonchev–Trinajstić information content (AvgIpc) is 2.42. The number of aromatic hydroxyl groups is 1. The van der Waals surface area contributed by atoms with Gasteiger partial charge in [0.25, 0.3) is 5.91 Å². The summed E-state index contributed by atoms with van der Waals surface area (Å²) >= 11 is 0. The monoisotopic (exact) mass is 281 g/mol. The summed E-state index contributed by atoms with van der Waals surface area (Å²) in [6, 6.07) is 4.78. The van der Waals surface area contributed by atoms with Crippen LogP contribution in [0, 0.1) is 6.92 Å². The van der Waals surface area contributed by atoms with Crippen molar-refractivity contribution in [3.05, 3.63) is 29.3 Å². The molecular weight excluding hydrogens is 258 g/mol. The highest BCUT2D eigenvalue weighted by atomic mass is 16.5. The molecule has 1 rings (SSSR count). The molecule has 0 spiro atoms. The number of nitrogens with zero attached hydrogens (tertiary/aromatic N) is 1. The number of aryl methyl sites for hydroxylation is 1. The molecule has 0 unspecified atom stereocenters. The van der Waals surface area contributed by atoms with Crippen LogP contribution >= 0.6 is 0 Å². The molecule has 0 heterocycles. The number of hydrogen-bond donors (Lipinski definition) is 1. The standard InChI is InChI=1S/C15H23NO4/c1-12-11-13(17)5-6-14(12)15(18)16(8-10-20-3)7-4-9-19-2/h5-6,11,17H,4,7-10H2,1-3H3. The van der Waals surface area contributed by atoms with Crippen LogP contribution in [0.1, 0.15) is 22.3 Å². The Morgan fingerprint density at radius 3 is 2.50 bits per heavy atom. The van der Waals surface area contributed by atoms with Crippen molar-refractivity contribution in [2.75, 3.05) is 40.5 Å². The lowest BCUT2D eigenvalue weighted by Gasteiger charge is -2.23. The normalized spacial score (nSPS) is 10.6. The molecule has 0 aliphatic rings. The number of benzene rings is 1. The molecule has 0 aromatic heterocycles. The second-order valence-corrected chi connectivity index (χ2v) is 4.63. The van der Waals surface area contributed by atoms with Gasteiger partial charge in [-0.05, 0) is 37.1 Å². The van der Waals surface area contributed by atoms with Crippen LogP contribution in [-0.4, -0.2) is 56.4 Å². The fourth-order valence-electron chi connectivity index (χ4n) is 1.97. The molecule has 0 bridgehead atoms. The zero-order chi connectivity index (χ0) is 15.0. The maximum absolute atomic E-state index is 12.5. The van der Waals surface area contributed by atoms with E-state index < -0.39 is 0 Å². The minimum atomic E-state index is -0.0457. The summed E-state index contributed by atoms with van der Waals surface area (Å²) in [6.45, 7) is 4.09. The van der Waals surface area contributed by atoms with Gasteiger partial charge in [-0.1, -0.05) is 0 Å². The first kappa shape index (κ1) is 16.5. The minimum Gasteiger partial charge on any atom is -0.508 e. The summed E-state index contributed by atoms with van der Waals surface area (Å²) in [5.41, 5.74) is 1.38. The van der Waals surface area contributed by atoms with Gasteiger partial charge in [0.1, 0.15) is 5.75 Å². The predicted octanol–water partition coefficient (Wildman–Crippen LogP) is 1.83. The van der Waals surface area contributed by atoms with E-state index in [1.54, 1.807) is 31.3 Å². The Morgan fingerprint density at radius 2 is 1.90 bits per heavy atom. The van der Waals surface area contributed by atoms with Crippen LogP contribution in [0.15, 0.2) is 18.2 Å². The largest absolute Gasteiger partial charge is 0.508 e. The average molecular weight is 281 g/mol. The number of carbonyl (C=O) groups is 1. The van der Waals surface area contributed by atoms with Gasteiger partial charge in [-0.25, -0.2) is 0 Å². The maximum atomic E-state index is 12.5. The van der Waals surface area contributed by atoms with Gasteiger partial charge in [0.05, 0.1) is 6.61 Å². The van der Waals surface area contributed by atoms with Gasteiger partial charge in [0.2, 0.25) is 0 Å². The van der Waals surface area contributed by atoms with Crippen LogP contribution < -0.4 is 0 Å². The molecule has 5 nitrogen and oxygen atoms in total. The lowest BCUT2D eigenvalue weighted by molar-refractivity contribution is 0.0673. The van der Waals surface area contributed by atoms with Gasteiger partial charge in [0, 0.05) is 39.5 Å². The van der Waals surface area contributed by atoms with Crippen LogP contribution in [-0.2, 0) is 9.47 Å². The maximum Gasteiger partial charge on any atom is 0.254 e. The zero-order valence-electron chi connectivity index (χ0n) is 12.4. The molecule has 1 aromatic rings. The van der Waals surface area contributed by atoms with Crippen LogP contribution in [0.2, 0.25) is 0 Å². The molecule has 0 aliphatic heterocycles. The number of rotatable bonds is 8. The number of phenolic OH excluding ortho intramolecular Hbond substituents is 1. The van der Waals surface area contributed by atoms with Gasteiger partial charge in [-0.15, -0.1) is 0 Å². The number of methoxy groups -OCH3 is 2. The van der Waals surface area contributed by atoms with Crippen LogP contribution in [0.5, 0.6) is 5.75 Å². The molecule has 0 atom stereocenters. The first-order chi connectivity index (χ1) is 9.60. The molecule has 0 saturated carbocycles. The van der Waals surface area contributed by atoms with Crippen molar-refractivity contribution < 1.29 is 19.4 Å². The van der Waals surface area contributed by atoms with Crippen LogP contribution in [0.25, 0.3) is 0 Å². The molecule has 1 N–H and O–H groups in total. The van der Waals surface area contributed by atoms with Crippen molar-refractivity contribution in [3.8, 4) is 5.75 Å². The van der Waals surface area contributed by atoms with Crippen molar-refractivity contribution in [2.45, 2.75) is 13.3 Å². The summed E-state index contributed by atoms with van der Waals surface area (Å²) in [7, 11) is 3.26. The molecule has 112 valence electrons. The number of amides is 1. The van der Waals surface area contributed by atoms with Gasteiger partial charge < -0.3 is 19.5 Å².